The van der Waals surface area contributed by atoms with Crippen LogP contribution < -0.4 is 5.32 Å². The predicted octanol–water partition coefficient (Wildman–Crippen LogP) is 2.41. The van der Waals surface area contributed by atoms with E-state index in [0.717, 1.165) is 22.5 Å². The van der Waals surface area contributed by atoms with Crippen LogP contribution in [-0.2, 0) is 0 Å². The Morgan fingerprint density at radius 3 is 2.84 bits per heavy atom. The lowest BCUT2D eigenvalue weighted by atomic mass is 9.97. The molecule has 0 aromatic heterocycles. The fourth-order valence-corrected chi connectivity index (χ4v) is 2.94. The molecule has 1 aromatic carbocycles. The van der Waals surface area contributed by atoms with Gasteiger partial charge in [-0.15, -0.1) is 0 Å². The van der Waals surface area contributed by atoms with Crippen LogP contribution in [0.4, 0.5) is 0 Å². The molecule has 1 aliphatic heterocycles. The van der Waals surface area contributed by atoms with E-state index in [2.05, 4.69) is 33.2 Å². The van der Waals surface area contributed by atoms with Gasteiger partial charge in [0.2, 0.25) is 0 Å². The summed E-state index contributed by atoms with van der Waals surface area (Å²) in [7, 11) is 2.18. The van der Waals surface area contributed by atoms with Gasteiger partial charge in [-0.3, -0.25) is 0 Å². The van der Waals surface area contributed by atoms with Crippen LogP contribution >= 0.6 is 15.9 Å². The van der Waals surface area contributed by atoms with Gasteiger partial charge in [0.15, 0.2) is 0 Å². The van der Waals surface area contributed by atoms with E-state index in [-0.39, 0.29) is 0 Å². The highest BCUT2D eigenvalue weighted by atomic mass is 79.9. The number of piperidine rings is 1. The summed E-state index contributed by atoms with van der Waals surface area (Å²) in [6.07, 6.45) is 2.09. The number of likely N-dealkylation sites (tertiary alicyclic amines) is 1. The van der Waals surface area contributed by atoms with E-state index >= 15 is 0 Å². The number of aliphatic hydroxyl groups excluding tert-OH is 1. The molecule has 3 nitrogen and oxygen atoms in total. The molecule has 0 bridgehead atoms. The molecule has 0 amide bonds. The van der Waals surface area contributed by atoms with Crippen molar-refractivity contribution in [2.24, 2.45) is 5.92 Å². The maximum Gasteiger partial charge on any atom is 0.0914 e. The van der Waals surface area contributed by atoms with Gasteiger partial charge in [-0.05, 0) is 63.1 Å². The number of hydrogen-bond donors (Lipinski definition) is 2. The fraction of sp³-hybridized carbons (Fsp3) is 0.600. The summed E-state index contributed by atoms with van der Waals surface area (Å²) < 4.78 is 1.01. The second-order valence-corrected chi connectivity index (χ2v) is 6.39. The van der Waals surface area contributed by atoms with Crippen molar-refractivity contribution in [3.8, 4) is 0 Å². The smallest absolute Gasteiger partial charge is 0.0914 e. The van der Waals surface area contributed by atoms with Crippen LogP contribution in [0.5, 0.6) is 0 Å². The van der Waals surface area contributed by atoms with Crippen LogP contribution in [0, 0.1) is 5.92 Å². The standard InChI is InChI=1S/C15H23BrN2O/c1-18-7-5-12(6-8-18)10-17-11-15(19)13-3-2-4-14(16)9-13/h2-4,9,12,15,17,19H,5-8,10-11H2,1H3. The van der Waals surface area contributed by atoms with Crippen molar-refractivity contribution in [1.29, 1.82) is 0 Å². The Kier molecular flexibility index (Phi) is 5.82. The molecule has 0 aliphatic carbocycles. The second kappa shape index (κ2) is 7.39. The van der Waals surface area contributed by atoms with Crippen molar-refractivity contribution in [3.05, 3.63) is 34.3 Å². The van der Waals surface area contributed by atoms with E-state index in [9.17, 15) is 5.11 Å². The molecule has 1 fully saturated rings. The molecule has 106 valence electrons. The summed E-state index contributed by atoms with van der Waals surface area (Å²) in [5, 5.41) is 13.5. The average Bonchev–Trinajstić information content (AvgIpc) is 2.41. The zero-order chi connectivity index (χ0) is 13.7. The number of benzene rings is 1. The SMILES string of the molecule is CN1CCC(CNCC(O)c2cccc(Br)c2)CC1. The molecule has 1 aliphatic rings. The maximum absolute atomic E-state index is 10.1. The van der Waals surface area contributed by atoms with E-state index in [1.54, 1.807) is 0 Å². The van der Waals surface area contributed by atoms with Crippen LogP contribution in [0.2, 0.25) is 0 Å². The minimum absolute atomic E-state index is 0.427. The first-order valence-corrected chi connectivity index (χ1v) is 7.77. The number of aliphatic hydroxyl groups is 1. The Hall–Kier alpha value is -0.420. The highest BCUT2D eigenvalue weighted by molar-refractivity contribution is 9.10. The van der Waals surface area contributed by atoms with Crippen LogP contribution in [0.3, 0.4) is 0 Å². The number of halogens is 1. The van der Waals surface area contributed by atoms with Crippen molar-refractivity contribution in [3.63, 3.8) is 0 Å². The van der Waals surface area contributed by atoms with Gasteiger partial charge in [0.05, 0.1) is 6.10 Å². The molecule has 19 heavy (non-hydrogen) atoms. The topological polar surface area (TPSA) is 35.5 Å². The van der Waals surface area contributed by atoms with Gasteiger partial charge in [0.1, 0.15) is 0 Å². The summed E-state index contributed by atoms with van der Waals surface area (Å²) in [5.74, 6) is 0.755. The molecule has 1 saturated heterocycles. The van der Waals surface area contributed by atoms with Gasteiger partial charge in [-0.1, -0.05) is 28.1 Å². The molecule has 0 radical (unpaired) electrons. The van der Waals surface area contributed by atoms with Crippen molar-refractivity contribution in [2.45, 2.75) is 18.9 Å². The van der Waals surface area contributed by atoms with E-state index in [0.29, 0.717) is 6.54 Å². The van der Waals surface area contributed by atoms with Gasteiger partial charge in [-0.2, -0.15) is 0 Å². The molecular weight excluding hydrogens is 304 g/mol. The van der Waals surface area contributed by atoms with Crippen molar-refractivity contribution >= 4 is 15.9 Å². The minimum Gasteiger partial charge on any atom is -0.387 e. The quantitative estimate of drug-likeness (QED) is 0.872. The number of rotatable bonds is 5. The highest BCUT2D eigenvalue weighted by Gasteiger charge is 2.16. The molecule has 2 N–H and O–H groups in total. The fourth-order valence-electron chi connectivity index (χ4n) is 2.52. The predicted molar refractivity (Wildman–Crippen MR) is 82.2 cm³/mol. The van der Waals surface area contributed by atoms with E-state index in [1.165, 1.54) is 25.9 Å². The number of hydrogen-bond acceptors (Lipinski definition) is 3. The first-order valence-electron chi connectivity index (χ1n) is 6.98. The maximum atomic E-state index is 10.1. The van der Waals surface area contributed by atoms with Gasteiger partial charge < -0.3 is 15.3 Å². The molecule has 1 atom stereocenters. The summed E-state index contributed by atoms with van der Waals surface area (Å²) in [5.41, 5.74) is 0.963. The van der Waals surface area contributed by atoms with Crippen LogP contribution in [-0.4, -0.2) is 43.2 Å². The molecule has 0 spiro atoms. The Morgan fingerprint density at radius 2 is 2.16 bits per heavy atom. The first kappa shape index (κ1) is 15.0. The Bertz CT molecular complexity index is 391. The third-order valence-electron chi connectivity index (χ3n) is 3.84. The number of nitrogens with one attached hydrogen (secondary N) is 1. The van der Waals surface area contributed by atoms with E-state index < -0.39 is 6.10 Å². The van der Waals surface area contributed by atoms with Gasteiger partial charge in [-0.25, -0.2) is 0 Å². The molecule has 4 heteroatoms. The third-order valence-corrected chi connectivity index (χ3v) is 4.34. The summed E-state index contributed by atoms with van der Waals surface area (Å²) in [4.78, 5) is 2.38. The molecule has 1 unspecified atom stereocenters. The van der Waals surface area contributed by atoms with Crippen LogP contribution in [0.15, 0.2) is 28.7 Å². The largest absolute Gasteiger partial charge is 0.387 e. The summed E-state index contributed by atoms with van der Waals surface area (Å²) >= 11 is 3.43. The zero-order valence-electron chi connectivity index (χ0n) is 11.5. The summed E-state index contributed by atoms with van der Waals surface area (Å²) in [6, 6.07) is 7.87. The van der Waals surface area contributed by atoms with E-state index in [1.807, 2.05) is 24.3 Å². The van der Waals surface area contributed by atoms with Gasteiger partial charge in [0.25, 0.3) is 0 Å². The van der Waals surface area contributed by atoms with Gasteiger partial charge >= 0.3 is 0 Å². The van der Waals surface area contributed by atoms with Crippen molar-refractivity contribution < 1.29 is 5.11 Å². The van der Waals surface area contributed by atoms with E-state index in [4.69, 9.17) is 0 Å². The third kappa shape index (κ3) is 4.88. The van der Waals surface area contributed by atoms with Gasteiger partial charge in [0, 0.05) is 11.0 Å². The minimum atomic E-state index is -0.427. The Balaban J connectivity index is 1.70. The lowest BCUT2D eigenvalue weighted by Crippen LogP contribution is -2.36. The normalized spacial score (nSPS) is 19.5. The molecule has 2 rings (SSSR count). The summed E-state index contributed by atoms with van der Waals surface area (Å²) in [6.45, 7) is 4.03. The highest BCUT2D eigenvalue weighted by Crippen LogP contribution is 2.18. The van der Waals surface area contributed by atoms with Crippen LogP contribution in [0.25, 0.3) is 0 Å². The lowest BCUT2D eigenvalue weighted by Gasteiger charge is -2.29. The Labute approximate surface area is 124 Å². The Morgan fingerprint density at radius 1 is 1.42 bits per heavy atom. The number of nitrogens with zero attached hydrogens (tertiary/aromatic N) is 1. The average molecular weight is 327 g/mol. The zero-order valence-corrected chi connectivity index (χ0v) is 13.1. The van der Waals surface area contributed by atoms with Crippen LogP contribution in [0.1, 0.15) is 24.5 Å². The monoisotopic (exact) mass is 326 g/mol. The first-order chi connectivity index (χ1) is 9.15. The van der Waals surface area contributed by atoms with Crippen molar-refractivity contribution in [1.82, 2.24) is 10.2 Å². The second-order valence-electron chi connectivity index (χ2n) is 5.48. The molecule has 1 heterocycles. The lowest BCUT2D eigenvalue weighted by molar-refractivity contribution is 0.165. The van der Waals surface area contributed by atoms with Crippen molar-refractivity contribution in [2.75, 3.05) is 33.2 Å². The molecule has 1 aromatic rings. The molecular formula is C15H23BrN2O. The molecule has 0 saturated carbocycles.